The van der Waals surface area contributed by atoms with Crippen LogP contribution in [0.2, 0.25) is 0 Å². The molecule has 0 aliphatic carbocycles. The first-order valence-corrected chi connectivity index (χ1v) is 6.44. The van der Waals surface area contributed by atoms with Crippen molar-refractivity contribution in [1.29, 1.82) is 0 Å². The van der Waals surface area contributed by atoms with E-state index in [0.717, 1.165) is 5.56 Å². The van der Waals surface area contributed by atoms with E-state index in [4.69, 9.17) is 17.0 Å². The van der Waals surface area contributed by atoms with Crippen LogP contribution >= 0.6 is 28.1 Å². The number of benzene rings is 1. The Kier molecular flexibility index (Phi) is 5.87. The molecule has 0 radical (unpaired) electrons. The number of nitrogens with one attached hydrogen (secondary N) is 2. The standard InChI is InChI=1S/C11H14BrN3O2S/c1-3-17-9-5-7(4-8(12)10(9)16)6-14-15-11(18)13-2/h4-6,16H,3H2,1-2H3,(H2,13,15,18)/b14-6-. The average Bonchev–Trinajstić information content (AvgIpc) is 2.35. The van der Waals surface area contributed by atoms with Crippen molar-refractivity contribution in [3.63, 3.8) is 0 Å². The largest absolute Gasteiger partial charge is 0.503 e. The molecule has 0 spiro atoms. The number of hydrazone groups is 1. The minimum atomic E-state index is 0.0766. The van der Waals surface area contributed by atoms with Crippen molar-refractivity contribution >= 4 is 39.5 Å². The first-order valence-electron chi connectivity index (χ1n) is 5.24. The Morgan fingerprint density at radius 2 is 2.33 bits per heavy atom. The fourth-order valence-corrected chi connectivity index (χ4v) is 1.67. The Bertz CT molecular complexity index is 466. The van der Waals surface area contributed by atoms with Gasteiger partial charge >= 0.3 is 0 Å². The summed E-state index contributed by atoms with van der Waals surface area (Å²) in [5, 5.41) is 16.9. The summed E-state index contributed by atoms with van der Waals surface area (Å²) in [5.41, 5.74) is 3.41. The van der Waals surface area contributed by atoms with E-state index in [1.54, 1.807) is 25.4 Å². The van der Waals surface area contributed by atoms with Crippen LogP contribution in [0.3, 0.4) is 0 Å². The molecular formula is C11H14BrN3O2S. The summed E-state index contributed by atoms with van der Waals surface area (Å²) in [6.45, 7) is 2.32. The number of hydrogen-bond donors (Lipinski definition) is 3. The van der Waals surface area contributed by atoms with E-state index in [2.05, 4.69) is 31.8 Å². The third-order valence-corrected chi connectivity index (χ3v) is 2.86. The monoisotopic (exact) mass is 331 g/mol. The molecule has 1 aromatic carbocycles. The molecule has 0 saturated carbocycles. The summed E-state index contributed by atoms with van der Waals surface area (Å²) >= 11 is 8.13. The number of rotatable bonds is 4. The van der Waals surface area contributed by atoms with Crippen LogP contribution in [0.1, 0.15) is 12.5 Å². The van der Waals surface area contributed by atoms with Gasteiger partial charge in [0.05, 0.1) is 17.3 Å². The van der Waals surface area contributed by atoms with Gasteiger partial charge in [0.1, 0.15) is 0 Å². The minimum absolute atomic E-state index is 0.0766. The van der Waals surface area contributed by atoms with Gasteiger partial charge in [-0.15, -0.1) is 0 Å². The third-order valence-electron chi connectivity index (χ3n) is 1.96. The molecule has 0 aliphatic heterocycles. The molecular weight excluding hydrogens is 318 g/mol. The zero-order chi connectivity index (χ0) is 13.5. The molecule has 0 aliphatic rings. The fourth-order valence-electron chi connectivity index (χ4n) is 1.16. The van der Waals surface area contributed by atoms with Crippen LogP contribution in [0, 0.1) is 0 Å². The highest BCUT2D eigenvalue weighted by Crippen LogP contribution is 2.34. The number of hydrogen-bond acceptors (Lipinski definition) is 4. The second-order valence-corrected chi connectivity index (χ2v) is 4.49. The zero-order valence-corrected chi connectivity index (χ0v) is 12.4. The maximum atomic E-state index is 9.74. The predicted octanol–water partition coefficient (Wildman–Crippen LogP) is 1.98. The summed E-state index contributed by atoms with van der Waals surface area (Å²) in [7, 11) is 1.70. The highest BCUT2D eigenvalue weighted by Gasteiger charge is 2.08. The van der Waals surface area contributed by atoms with E-state index in [1.165, 1.54) is 0 Å². The van der Waals surface area contributed by atoms with Gasteiger partial charge in [-0.2, -0.15) is 5.10 Å². The molecule has 0 unspecified atom stereocenters. The van der Waals surface area contributed by atoms with Crippen molar-refractivity contribution in [2.45, 2.75) is 6.92 Å². The number of halogens is 1. The van der Waals surface area contributed by atoms with Gasteiger partial charge in [-0.25, -0.2) is 0 Å². The normalized spacial score (nSPS) is 10.4. The number of phenols is 1. The third kappa shape index (κ3) is 4.15. The van der Waals surface area contributed by atoms with Crippen molar-refractivity contribution in [1.82, 2.24) is 10.7 Å². The van der Waals surface area contributed by atoms with E-state index in [1.807, 2.05) is 6.92 Å². The molecule has 5 nitrogen and oxygen atoms in total. The maximum Gasteiger partial charge on any atom is 0.186 e. The average molecular weight is 332 g/mol. The Morgan fingerprint density at radius 3 is 2.94 bits per heavy atom. The molecule has 0 heterocycles. The topological polar surface area (TPSA) is 65.9 Å². The van der Waals surface area contributed by atoms with E-state index in [-0.39, 0.29) is 5.75 Å². The Labute approximate surface area is 119 Å². The Hall–Kier alpha value is -1.34. The molecule has 0 atom stereocenters. The molecule has 0 fully saturated rings. The van der Waals surface area contributed by atoms with Crippen LogP contribution < -0.4 is 15.5 Å². The van der Waals surface area contributed by atoms with E-state index in [9.17, 15) is 5.11 Å². The minimum Gasteiger partial charge on any atom is -0.503 e. The van der Waals surface area contributed by atoms with E-state index < -0.39 is 0 Å². The van der Waals surface area contributed by atoms with E-state index >= 15 is 0 Å². The molecule has 7 heteroatoms. The second-order valence-electron chi connectivity index (χ2n) is 3.23. The number of nitrogens with zero attached hydrogens (tertiary/aromatic N) is 1. The molecule has 3 N–H and O–H groups in total. The van der Waals surface area contributed by atoms with Crippen molar-refractivity contribution in [2.75, 3.05) is 13.7 Å². The van der Waals surface area contributed by atoms with Crippen molar-refractivity contribution in [3.05, 3.63) is 22.2 Å². The summed E-state index contributed by atoms with van der Waals surface area (Å²) in [5.74, 6) is 0.484. The van der Waals surface area contributed by atoms with Crippen molar-refractivity contribution < 1.29 is 9.84 Å². The number of ether oxygens (including phenoxy) is 1. The first kappa shape index (κ1) is 14.7. The van der Waals surface area contributed by atoms with E-state index in [0.29, 0.717) is 21.9 Å². The van der Waals surface area contributed by atoms with Crippen LogP contribution in [-0.2, 0) is 0 Å². The maximum absolute atomic E-state index is 9.74. The lowest BCUT2D eigenvalue weighted by Gasteiger charge is -2.08. The highest BCUT2D eigenvalue weighted by molar-refractivity contribution is 9.10. The molecule has 0 bridgehead atoms. The number of thiocarbonyl (C=S) groups is 1. The molecule has 1 rings (SSSR count). The van der Waals surface area contributed by atoms with Crippen molar-refractivity contribution in [2.24, 2.45) is 5.10 Å². The lowest BCUT2D eigenvalue weighted by molar-refractivity contribution is 0.317. The van der Waals surface area contributed by atoms with Gasteiger partial charge in [-0.3, -0.25) is 5.43 Å². The predicted molar refractivity (Wildman–Crippen MR) is 79.4 cm³/mol. The van der Waals surface area contributed by atoms with Crippen molar-refractivity contribution in [3.8, 4) is 11.5 Å². The van der Waals surface area contributed by atoms with Gasteiger partial charge in [-0.1, -0.05) is 0 Å². The summed E-state index contributed by atoms with van der Waals surface area (Å²) in [4.78, 5) is 0. The first-order chi connectivity index (χ1) is 8.58. The molecule has 0 amide bonds. The summed E-state index contributed by atoms with van der Waals surface area (Å²) in [6.07, 6.45) is 1.58. The Morgan fingerprint density at radius 1 is 1.61 bits per heavy atom. The summed E-state index contributed by atoms with van der Waals surface area (Å²) < 4.78 is 5.85. The fraction of sp³-hybridized carbons (Fsp3) is 0.273. The lowest BCUT2D eigenvalue weighted by Crippen LogP contribution is -2.28. The molecule has 98 valence electrons. The SMILES string of the molecule is CCOc1cc(/C=N\NC(=S)NC)cc(Br)c1O. The van der Waals surface area contributed by atoms with Gasteiger partial charge in [0.2, 0.25) is 0 Å². The number of aromatic hydroxyl groups is 1. The lowest BCUT2D eigenvalue weighted by atomic mass is 10.2. The van der Waals surface area contributed by atoms with Crippen LogP contribution in [0.15, 0.2) is 21.7 Å². The number of phenolic OH excluding ortho intramolecular Hbond substituents is 1. The highest BCUT2D eigenvalue weighted by atomic mass is 79.9. The molecule has 1 aromatic rings. The van der Waals surface area contributed by atoms with Crippen LogP contribution in [-0.4, -0.2) is 30.1 Å². The van der Waals surface area contributed by atoms with Gasteiger partial charge < -0.3 is 15.2 Å². The smallest absolute Gasteiger partial charge is 0.186 e. The second kappa shape index (κ2) is 7.17. The van der Waals surface area contributed by atoms with Gasteiger partial charge in [-0.05, 0) is 52.8 Å². The quantitative estimate of drug-likeness (QED) is 0.447. The molecule has 0 saturated heterocycles. The Balaban J connectivity index is 2.86. The summed E-state index contributed by atoms with van der Waals surface area (Å²) in [6, 6.07) is 3.42. The van der Waals surface area contributed by atoms with Crippen LogP contribution in [0.25, 0.3) is 0 Å². The van der Waals surface area contributed by atoms with Gasteiger partial charge in [0.15, 0.2) is 16.6 Å². The molecule has 18 heavy (non-hydrogen) atoms. The molecule has 0 aromatic heterocycles. The zero-order valence-electron chi connectivity index (χ0n) is 10.0. The van der Waals surface area contributed by atoms with Gasteiger partial charge in [0, 0.05) is 7.05 Å². The van der Waals surface area contributed by atoms with Crippen LogP contribution in [0.5, 0.6) is 11.5 Å². The van der Waals surface area contributed by atoms with Gasteiger partial charge in [0.25, 0.3) is 0 Å². The van der Waals surface area contributed by atoms with Crippen LogP contribution in [0.4, 0.5) is 0 Å².